The second-order valence-corrected chi connectivity index (χ2v) is 9.70. The van der Waals surface area contributed by atoms with E-state index >= 15 is 0 Å². The van der Waals surface area contributed by atoms with Crippen molar-refractivity contribution < 1.29 is 14.6 Å². The van der Waals surface area contributed by atoms with E-state index in [1.807, 2.05) is 65.8 Å². The zero-order valence-electron chi connectivity index (χ0n) is 24.5. The smallest absolute Gasteiger partial charge is 0.220 e. The Morgan fingerprint density at radius 2 is 1.00 bits per heavy atom. The lowest BCUT2D eigenvalue weighted by Gasteiger charge is -2.12. The Kier molecular flexibility index (Phi) is 10.4. The number of aromatic nitrogens is 4. The predicted molar refractivity (Wildman–Crippen MR) is 159 cm³/mol. The van der Waals surface area contributed by atoms with Gasteiger partial charge in [-0.15, -0.1) is 0 Å². The van der Waals surface area contributed by atoms with Crippen molar-refractivity contribution in [2.75, 3.05) is 24.9 Å². The van der Waals surface area contributed by atoms with Crippen LogP contribution < -0.4 is 20.9 Å². The fourth-order valence-electron chi connectivity index (χ4n) is 4.58. The van der Waals surface area contributed by atoms with Crippen molar-refractivity contribution in [2.45, 2.75) is 61.3 Å². The number of rotatable bonds is 8. The minimum absolute atomic E-state index is 0.312. The molecule has 0 amide bonds. The Labute approximate surface area is 236 Å². The second kappa shape index (κ2) is 13.7. The van der Waals surface area contributed by atoms with Crippen molar-refractivity contribution in [1.82, 2.24) is 19.9 Å². The number of aliphatic hydroxyl groups excluding tert-OH is 1. The fraction of sp³-hybridized carbons (Fsp3) is 0.355. The van der Waals surface area contributed by atoms with Crippen LogP contribution in [0.5, 0.6) is 11.5 Å². The quantitative estimate of drug-likeness (QED) is 0.265. The molecule has 0 saturated carbocycles. The molecule has 0 fully saturated rings. The molecule has 40 heavy (non-hydrogen) atoms. The van der Waals surface area contributed by atoms with Crippen LogP contribution in [0.1, 0.15) is 63.1 Å². The number of ether oxygens (including phenoxy) is 2. The van der Waals surface area contributed by atoms with Gasteiger partial charge in [-0.05, 0) is 106 Å². The average molecular weight is 545 g/mol. The molecule has 0 aliphatic rings. The first-order valence-corrected chi connectivity index (χ1v) is 13.3. The lowest BCUT2D eigenvalue weighted by molar-refractivity contribution is 0.0985. The highest BCUT2D eigenvalue weighted by molar-refractivity contribution is 5.42. The Hall–Kier alpha value is -4.24. The topological polar surface area (TPSA) is 142 Å². The van der Waals surface area contributed by atoms with Gasteiger partial charge in [-0.2, -0.15) is 0 Å². The fourth-order valence-corrected chi connectivity index (χ4v) is 4.58. The largest absolute Gasteiger partial charge is 0.494 e. The maximum absolute atomic E-state index is 8.76. The summed E-state index contributed by atoms with van der Waals surface area (Å²) in [6.07, 6.45) is 1.57. The number of aliphatic hydroxyl groups is 1. The molecule has 4 aromatic rings. The number of aryl methyl sites for hydroxylation is 6. The summed E-state index contributed by atoms with van der Waals surface area (Å²) >= 11 is 0. The molecule has 2 aromatic heterocycles. The van der Waals surface area contributed by atoms with Crippen LogP contribution in [-0.2, 0) is 12.8 Å². The average Bonchev–Trinajstić information content (AvgIpc) is 2.86. The number of nitrogens with zero attached hydrogens (tertiary/aromatic N) is 4. The van der Waals surface area contributed by atoms with Crippen molar-refractivity contribution >= 4 is 11.9 Å². The van der Waals surface area contributed by atoms with Crippen molar-refractivity contribution in [3.05, 3.63) is 92.6 Å². The first kappa shape index (κ1) is 30.3. The minimum Gasteiger partial charge on any atom is -0.494 e. The maximum Gasteiger partial charge on any atom is 0.220 e. The van der Waals surface area contributed by atoms with Gasteiger partial charge in [0.2, 0.25) is 11.9 Å². The molecule has 0 bridgehead atoms. The molecule has 2 aromatic carbocycles. The minimum atomic E-state index is -0.317. The van der Waals surface area contributed by atoms with E-state index in [1.165, 1.54) is 16.7 Å². The monoisotopic (exact) mass is 544 g/mol. The molecule has 9 heteroatoms. The molecular formula is C31H40N6O3. The normalized spacial score (nSPS) is 10.6. The molecule has 4 rings (SSSR count). The number of benzene rings is 2. The Bertz CT molecular complexity index is 1310. The standard InChI is InChI=1S/C16H21N3O.C15H19N3O2/c1-5-20-14-7-6-13(10(2)8-14)9-15-11(3)18-16(17)19-12(15)4;1-9-6-13(20-8-19)5-4-12(9)7-14-10(2)17-15(16)18-11(14)3/h6-8H,5,9H2,1-4H3,(H2,17,18,19);4-6,19H,7-8H2,1-3H3,(H2,16,17,18). The van der Waals surface area contributed by atoms with Gasteiger partial charge in [-0.3, -0.25) is 0 Å². The molecule has 2 heterocycles. The van der Waals surface area contributed by atoms with Gasteiger partial charge < -0.3 is 26.0 Å². The summed E-state index contributed by atoms with van der Waals surface area (Å²) in [4.78, 5) is 16.9. The summed E-state index contributed by atoms with van der Waals surface area (Å²) in [6, 6.07) is 11.9. The number of nitrogen functional groups attached to an aromatic ring is 2. The van der Waals surface area contributed by atoms with Crippen molar-refractivity contribution in [3.63, 3.8) is 0 Å². The third kappa shape index (κ3) is 7.89. The molecule has 9 nitrogen and oxygen atoms in total. The Morgan fingerprint density at radius 1 is 0.625 bits per heavy atom. The van der Waals surface area contributed by atoms with Crippen molar-refractivity contribution in [2.24, 2.45) is 0 Å². The number of hydrogen-bond acceptors (Lipinski definition) is 9. The third-order valence-electron chi connectivity index (χ3n) is 6.78. The molecule has 0 unspecified atom stereocenters. The third-order valence-corrected chi connectivity index (χ3v) is 6.78. The van der Waals surface area contributed by atoms with Crippen molar-refractivity contribution in [1.29, 1.82) is 0 Å². The van der Waals surface area contributed by atoms with Gasteiger partial charge in [-0.1, -0.05) is 12.1 Å². The van der Waals surface area contributed by atoms with Gasteiger partial charge in [0.25, 0.3) is 0 Å². The molecule has 0 aliphatic carbocycles. The first-order valence-electron chi connectivity index (χ1n) is 13.3. The molecule has 0 radical (unpaired) electrons. The summed E-state index contributed by atoms with van der Waals surface area (Å²) < 4.78 is 10.6. The molecular weight excluding hydrogens is 504 g/mol. The summed E-state index contributed by atoms with van der Waals surface area (Å²) in [5, 5.41) is 8.76. The van der Waals surface area contributed by atoms with Crippen LogP contribution in [0.2, 0.25) is 0 Å². The van der Waals surface area contributed by atoms with E-state index in [0.717, 1.165) is 58.1 Å². The van der Waals surface area contributed by atoms with Crippen molar-refractivity contribution in [3.8, 4) is 11.5 Å². The predicted octanol–water partition coefficient (Wildman–Crippen LogP) is 4.88. The summed E-state index contributed by atoms with van der Waals surface area (Å²) in [5.41, 5.74) is 22.0. The molecule has 0 aliphatic heterocycles. The second-order valence-electron chi connectivity index (χ2n) is 9.70. The lowest BCUT2D eigenvalue weighted by atomic mass is 9.98. The highest BCUT2D eigenvalue weighted by Crippen LogP contribution is 2.24. The van der Waals surface area contributed by atoms with Gasteiger partial charge in [0.1, 0.15) is 11.5 Å². The van der Waals surface area contributed by atoms with E-state index in [2.05, 4.69) is 39.0 Å². The molecule has 0 saturated heterocycles. The molecule has 0 spiro atoms. The van der Waals surface area contributed by atoms with Crippen LogP contribution in [0.25, 0.3) is 0 Å². The number of hydrogen-bond donors (Lipinski definition) is 3. The van der Waals surface area contributed by atoms with Crippen LogP contribution in [0.15, 0.2) is 36.4 Å². The zero-order chi connectivity index (χ0) is 29.4. The first-order chi connectivity index (χ1) is 19.0. The summed E-state index contributed by atoms with van der Waals surface area (Å²) in [6.45, 7) is 14.3. The SMILES string of the molecule is CCOc1ccc(Cc2c(C)nc(N)nc2C)c(C)c1.Cc1cc(OCO)ccc1Cc1c(C)nc(N)nc1C. The molecule has 5 N–H and O–H groups in total. The van der Waals surface area contributed by atoms with Crippen LogP contribution in [0.3, 0.4) is 0 Å². The number of nitrogens with two attached hydrogens (primary N) is 2. The van der Waals surface area contributed by atoms with Crippen LogP contribution in [-0.4, -0.2) is 38.4 Å². The Balaban J connectivity index is 0.000000220. The van der Waals surface area contributed by atoms with E-state index in [4.69, 9.17) is 26.0 Å². The van der Waals surface area contributed by atoms with E-state index in [1.54, 1.807) is 0 Å². The van der Waals surface area contributed by atoms with Crippen LogP contribution in [0.4, 0.5) is 11.9 Å². The summed E-state index contributed by atoms with van der Waals surface area (Å²) in [7, 11) is 0. The Morgan fingerprint density at radius 3 is 1.32 bits per heavy atom. The van der Waals surface area contributed by atoms with Gasteiger partial charge in [-0.25, -0.2) is 19.9 Å². The van der Waals surface area contributed by atoms with Crippen LogP contribution in [0, 0.1) is 41.5 Å². The highest BCUT2D eigenvalue weighted by atomic mass is 16.6. The zero-order valence-corrected chi connectivity index (χ0v) is 24.5. The van der Waals surface area contributed by atoms with Gasteiger partial charge >= 0.3 is 0 Å². The number of anilines is 2. The van der Waals surface area contributed by atoms with Crippen LogP contribution >= 0.6 is 0 Å². The van der Waals surface area contributed by atoms with E-state index < -0.39 is 0 Å². The molecule has 212 valence electrons. The van der Waals surface area contributed by atoms with Gasteiger partial charge in [0, 0.05) is 35.6 Å². The summed E-state index contributed by atoms with van der Waals surface area (Å²) in [5.74, 6) is 2.23. The molecule has 0 atom stereocenters. The van der Waals surface area contributed by atoms with E-state index in [9.17, 15) is 0 Å². The van der Waals surface area contributed by atoms with E-state index in [-0.39, 0.29) is 6.79 Å². The lowest BCUT2D eigenvalue weighted by Crippen LogP contribution is -2.06. The van der Waals surface area contributed by atoms with E-state index in [0.29, 0.717) is 24.3 Å². The van der Waals surface area contributed by atoms with Gasteiger partial charge in [0.15, 0.2) is 6.79 Å². The maximum atomic E-state index is 8.76. The highest BCUT2D eigenvalue weighted by Gasteiger charge is 2.11. The van der Waals surface area contributed by atoms with Gasteiger partial charge in [0.05, 0.1) is 6.61 Å².